The fraction of sp³-hybridized carbons (Fsp3) is 0.190. The topological polar surface area (TPSA) is 144 Å². The van der Waals surface area contributed by atoms with Crippen LogP contribution in [-0.2, 0) is 6.54 Å². The average molecular weight is 422 g/mol. The number of ether oxygens (including phenoxy) is 1. The van der Waals surface area contributed by atoms with Crippen LogP contribution in [0.3, 0.4) is 0 Å². The number of hydrogen-bond acceptors (Lipinski definition) is 8. The van der Waals surface area contributed by atoms with E-state index in [0.29, 0.717) is 18.1 Å². The van der Waals surface area contributed by atoms with E-state index < -0.39 is 16.4 Å². The van der Waals surface area contributed by atoms with Crippen LogP contribution in [-0.4, -0.2) is 27.4 Å². The summed E-state index contributed by atoms with van der Waals surface area (Å²) in [6, 6.07) is 9.29. The monoisotopic (exact) mass is 422 g/mol. The molecule has 0 aliphatic heterocycles. The molecule has 1 N–H and O–H groups in total. The van der Waals surface area contributed by atoms with Crippen LogP contribution < -0.4 is 10.3 Å². The number of pyridine rings is 1. The van der Waals surface area contributed by atoms with E-state index in [1.807, 2.05) is 6.07 Å². The SMILES string of the molecule is CCOc1ccc(N=Cc2c(C)c(C#N)c(=O)n(Cc3ccco3)c2O)c([N+](=O)[O-])c1. The van der Waals surface area contributed by atoms with E-state index in [1.54, 1.807) is 19.1 Å². The lowest BCUT2D eigenvalue weighted by molar-refractivity contribution is -0.384. The van der Waals surface area contributed by atoms with Gasteiger partial charge in [-0.2, -0.15) is 5.26 Å². The van der Waals surface area contributed by atoms with Crippen molar-refractivity contribution in [2.24, 2.45) is 4.99 Å². The zero-order valence-electron chi connectivity index (χ0n) is 16.7. The van der Waals surface area contributed by atoms with E-state index in [0.717, 1.165) is 4.57 Å². The molecule has 31 heavy (non-hydrogen) atoms. The van der Waals surface area contributed by atoms with Gasteiger partial charge in [-0.15, -0.1) is 0 Å². The maximum Gasteiger partial charge on any atom is 0.298 e. The van der Waals surface area contributed by atoms with Crippen molar-refractivity contribution in [1.29, 1.82) is 5.26 Å². The van der Waals surface area contributed by atoms with Crippen molar-refractivity contribution in [3.05, 3.63) is 79.5 Å². The molecule has 158 valence electrons. The van der Waals surface area contributed by atoms with Crippen molar-refractivity contribution in [3.63, 3.8) is 0 Å². The van der Waals surface area contributed by atoms with Crippen molar-refractivity contribution in [2.45, 2.75) is 20.4 Å². The van der Waals surface area contributed by atoms with Crippen molar-refractivity contribution in [1.82, 2.24) is 4.57 Å². The summed E-state index contributed by atoms with van der Waals surface area (Å²) < 4.78 is 11.5. The molecule has 0 bridgehead atoms. The zero-order valence-corrected chi connectivity index (χ0v) is 16.7. The van der Waals surface area contributed by atoms with E-state index in [1.165, 1.54) is 37.6 Å². The second kappa shape index (κ2) is 8.96. The van der Waals surface area contributed by atoms with Crippen LogP contribution in [0.25, 0.3) is 0 Å². The fourth-order valence-electron chi connectivity index (χ4n) is 2.98. The van der Waals surface area contributed by atoms with Crippen LogP contribution in [0.1, 0.15) is 29.4 Å². The third-order valence-corrected chi connectivity index (χ3v) is 4.53. The molecule has 0 radical (unpaired) electrons. The van der Waals surface area contributed by atoms with Gasteiger partial charge in [0, 0.05) is 6.21 Å². The van der Waals surface area contributed by atoms with E-state index in [4.69, 9.17) is 9.15 Å². The highest BCUT2D eigenvalue weighted by molar-refractivity contribution is 5.88. The number of nitrogens with zero attached hydrogens (tertiary/aromatic N) is 4. The number of furan rings is 1. The lowest BCUT2D eigenvalue weighted by Gasteiger charge is -2.13. The Hall–Kier alpha value is -4.39. The van der Waals surface area contributed by atoms with Crippen LogP contribution in [0.4, 0.5) is 11.4 Å². The number of aliphatic imine (C=N–C) groups is 1. The molecule has 3 rings (SSSR count). The standard InChI is InChI=1S/C21H18N4O6/c1-3-30-14-6-7-18(19(9-14)25(28)29)23-11-17-13(2)16(10-22)20(26)24(21(17)27)12-15-5-4-8-31-15/h4-9,11,27H,3,12H2,1-2H3. The highest BCUT2D eigenvalue weighted by atomic mass is 16.6. The summed E-state index contributed by atoms with van der Waals surface area (Å²) in [5.74, 6) is 0.288. The number of aromatic nitrogens is 1. The van der Waals surface area contributed by atoms with E-state index >= 15 is 0 Å². The maximum absolute atomic E-state index is 12.6. The van der Waals surface area contributed by atoms with Gasteiger partial charge in [0.25, 0.3) is 11.2 Å². The maximum atomic E-state index is 12.6. The van der Waals surface area contributed by atoms with Gasteiger partial charge in [0.05, 0.1) is 36.0 Å². The van der Waals surface area contributed by atoms with Gasteiger partial charge in [-0.25, -0.2) is 4.99 Å². The quantitative estimate of drug-likeness (QED) is 0.349. The Balaban J connectivity index is 2.11. The summed E-state index contributed by atoms with van der Waals surface area (Å²) in [4.78, 5) is 27.6. The minimum atomic E-state index is -0.682. The molecule has 10 nitrogen and oxygen atoms in total. The zero-order chi connectivity index (χ0) is 22.5. The Kier molecular flexibility index (Phi) is 6.16. The fourth-order valence-corrected chi connectivity index (χ4v) is 2.98. The number of aromatic hydroxyl groups is 1. The summed E-state index contributed by atoms with van der Waals surface area (Å²) in [6.45, 7) is 3.50. The van der Waals surface area contributed by atoms with Crippen molar-refractivity contribution < 1.29 is 19.2 Å². The lowest BCUT2D eigenvalue weighted by atomic mass is 10.1. The van der Waals surface area contributed by atoms with Crippen LogP contribution in [0.2, 0.25) is 0 Å². The first-order chi connectivity index (χ1) is 14.9. The molecule has 1 aromatic carbocycles. The Bertz CT molecular complexity index is 1250. The van der Waals surface area contributed by atoms with Gasteiger partial charge >= 0.3 is 0 Å². The summed E-state index contributed by atoms with van der Waals surface area (Å²) in [6.07, 6.45) is 2.61. The summed E-state index contributed by atoms with van der Waals surface area (Å²) in [7, 11) is 0. The molecular formula is C21H18N4O6. The molecule has 2 aromatic heterocycles. The predicted molar refractivity (Wildman–Crippen MR) is 111 cm³/mol. The summed E-state index contributed by atoms with van der Waals surface area (Å²) in [5, 5.41) is 31.6. The van der Waals surface area contributed by atoms with Crippen LogP contribution in [0.15, 0.2) is 50.8 Å². The van der Waals surface area contributed by atoms with E-state index in [2.05, 4.69) is 4.99 Å². The Morgan fingerprint density at radius 3 is 2.81 bits per heavy atom. The molecule has 10 heteroatoms. The molecule has 0 atom stereocenters. The normalized spacial score (nSPS) is 10.9. The van der Waals surface area contributed by atoms with Crippen molar-refractivity contribution in [2.75, 3.05) is 6.61 Å². The van der Waals surface area contributed by atoms with Crippen LogP contribution >= 0.6 is 0 Å². The smallest absolute Gasteiger partial charge is 0.298 e. The van der Waals surface area contributed by atoms with Gasteiger partial charge < -0.3 is 14.3 Å². The third-order valence-electron chi connectivity index (χ3n) is 4.53. The molecule has 0 fully saturated rings. The Labute approximate surface area is 176 Å². The van der Waals surface area contributed by atoms with E-state index in [-0.39, 0.29) is 34.6 Å². The molecule has 0 saturated carbocycles. The van der Waals surface area contributed by atoms with Gasteiger partial charge in [-0.1, -0.05) is 0 Å². The Morgan fingerprint density at radius 1 is 1.42 bits per heavy atom. The number of nitro benzene ring substituents is 1. The van der Waals surface area contributed by atoms with Crippen LogP contribution in [0.5, 0.6) is 11.6 Å². The molecule has 0 amide bonds. The highest BCUT2D eigenvalue weighted by Gasteiger charge is 2.20. The predicted octanol–water partition coefficient (Wildman–Crippen LogP) is 3.43. The Morgan fingerprint density at radius 2 is 2.19 bits per heavy atom. The minimum absolute atomic E-state index is 0.0227. The molecule has 0 aliphatic carbocycles. The van der Waals surface area contributed by atoms with Gasteiger partial charge in [0.15, 0.2) is 0 Å². The third kappa shape index (κ3) is 4.30. The van der Waals surface area contributed by atoms with Crippen molar-refractivity contribution >= 4 is 17.6 Å². The van der Waals surface area contributed by atoms with E-state index in [9.17, 15) is 25.3 Å². The molecule has 3 aromatic rings. The van der Waals surface area contributed by atoms with Gasteiger partial charge in [0.1, 0.15) is 28.8 Å². The highest BCUT2D eigenvalue weighted by Crippen LogP contribution is 2.32. The first kappa shape index (κ1) is 21.3. The van der Waals surface area contributed by atoms with Gasteiger partial charge in [0.2, 0.25) is 5.88 Å². The minimum Gasteiger partial charge on any atom is -0.494 e. The number of benzene rings is 1. The number of rotatable bonds is 7. The average Bonchev–Trinajstić information content (AvgIpc) is 3.25. The molecular weight excluding hydrogens is 404 g/mol. The first-order valence-corrected chi connectivity index (χ1v) is 9.21. The van der Waals surface area contributed by atoms with Gasteiger partial charge in [-0.3, -0.25) is 19.5 Å². The second-order valence-electron chi connectivity index (χ2n) is 6.42. The number of hydrogen-bond donors (Lipinski definition) is 1. The first-order valence-electron chi connectivity index (χ1n) is 9.21. The molecule has 0 aliphatic rings. The molecule has 2 heterocycles. The summed E-state index contributed by atoms with van der Waals surface area (Å²) >= 11 is 0. The number of nitro groups is 1. The van der Waals surface area contributed by atoms with Crippen molar-refractivity contribution in [3.8, 4) is 17.7 Å². The molecule has 0 saturated heterocycles. The van der Waals surface area contributed by atoms with Gasteiger partial charge in [-0.05, 0) is 43.7 Å². The number of nitriles is 1. The summed E-state index contributed by atoms with van der Waals surface area (Å²) in [5.41, 5.74) is -0.827. The lowest BCUT2D eigenvalue weighted by Crippen LogP contribution is -2.25. The van der Waals surface area contributed by atoms with Crippen LogP contribution in [0, 0.1) is 28.4 Å². The largest absolute Gasteiger partial charge is 0.494 e. The molecule has 0 spiro atoms. The molecule has 0 unspecified atom stereocenters. The second-order valence-corrected chi connectivity index (χ2v) is 6.42.